The van der Waals surface area contributed by atoms with Crippen LogP contribution in [0.25, 0.3) is 11.3 Å². The van der Waals surface area contributed by atoms with E-state index in [2.05, 4.69) is 5.10 Å². The quantitative estimate of drug-likeness (QED) is 0.240. The smallest absolute Gasteiger partial charge is 0.264 e. The molecule has 3 aliphatic rings. The van der Waals surface area contributed by atoms with E-state index in [9.17, 15) is 14.7 Å². The van der Waals surface area contributed by atoms with Gasteiger partial charge in [0.05, 0.1) is 11.8 Å². The molecule has 0 radical (unpaired) electrons. The Labute approximate surface area is 270 Å². The second-order valence-electron chi connectivity index (χ2n) is 11.5. The summed E-state index contributed by atoms with van der Waals surface area (Å²) in [5, 5.41) is 14.9. The number of aromatic nitrogens is 3. The predicted molar refractivity (Wildman–Crippen MR) is 174 cm³/mol. The molecule has 11 heteroatoms. The lowest BCUT2D eigenvalue weighted by molar-refractivity contribution is 0.0734. The number of carbonyl (C=O) groups is 2. The van der Waals surface area contributed by atoms with E-state index >= 15 is 0 Å². The van der Waals surface area contributed by atoms with Gasteiger partial charge in [-0.1, -0.05) is 23.7 Å². The van der Waals surface area contributed by atoms with E-state index in [4.69, 9.17) is 21.1 Å². The summed E-state index contributed by atoms with van der Waals surface area (Å²) in [4.78, 5) is 32.1. The summed E-state index contributed by atoms with van der Waals surface area (Å²) in [7, 11) is 3.61. The number of nitrogens with zero attached hydrogens (tertiary/aromatic N) is 5. The van der Waals surface area contributed by atoms with Gasteiger partial charge in [0.1, 0.15) is 30.4 Å². The minimum atomic E-state index is -0.341. The summed E-state index contributed by atoms with van der Waals surface area (Å²) in [6.45, 7) is 3.29. The molecule has 0 aliphatic carbocycles. The highest BCUT2D eigenvalue weighted by Crippen LogP contribution is 2.39. The standard InChI is InChI=1S/C35H32ClN5O5/c1-21-28-18-30(38(21)2)29-17-23(36)7-12-27(29)33(43)40-14-13-26-22(20-40)5-4-6-32(26)45-15-16-46-35-31(19-37-39(35)3)41(34(28)44)24-8-10-25(42)11-9-24/h4-12,17-19,42H,13-16,20H2,1-3H3. The van der Waals surface area contributed by atoms with Gasteiger partial charge in [0.25, 0.3) is 11.8 Å². The summed E-state index contributed by atoms with van der Waals surface area (Å²) < 4.78 is 15.9. The number of carbonyl (C=O) groups excluding carboxylic acids is 2. The Balaban J connectivity index is 1.42. The van der Waals surface area contributed by atoms with E-state index < -0.39 is 0 Å². The van der Waals surface area contributed by atoms with E-state index in [0.29, 0.717) is 69.9 Å². The molecule has 46 heavy (non-hydrogen) atoms. The van der Waals surface area contributed by atoms with E-state index in [1.165, 1.54) is 17.0 Å². The SMILES string of the molecule is Cc1c2cc(n1C)-c1cc(Cl)ccc1C(=O)N1CCc3c(cccc3OCCOc3c(cnn3C)N(c3ccc(O)cc3)C2=O)C1. The van der Waals surface area contributed by atoms with Crippen LogP contribution in [-0.2, 0) is 27.1 Å². The Morgan fingerprint density at radius 3 is 2.48 bits per heavy atom. The van der Waals surface area contributed by atoms with Gasteiger partial charge in [0.2, 0.25) is 5.88 Å². The van der Waals surface area contributed by atoms with Gasteiger partial charge < -0.3 is 24.0 Å². The normalized spacial score (nSPS) is 15.0. The predicted octanol–water partition coefficient (Wildman–Crippen LogP) is 6.04. The fourth-order valence-electron chi connectivity index (χ4n) is 6.26. The molecule has 0 spiro atoms. The van der Waals surface area contributed by atoms with Crippen molar-refractivity contribution in [3.8, 4) is 28.6 Å². The molecule has 0 unspecified atom stereocenters. The highest BCUT2D eigenvalue weighted by atomic mass is 35.5. The van der Waals surface area contributed by atoms with Crippen molar-refractivity contribution in [1.29, 1.82) is 0 Å². The second-order valence-corrected chi connectivity index (χ2v) is 11.9. The Hall–Kier alpha value is -5.22. The topological polar surface area (TPSA) is 102 Å². The van der Waals surface area contributed by atoms with Crippen molar-refractivity contribution >= 4 is 34.8 Å². The molecule has 3 aromatic carbocycles. The van der Waals surface area contributed by atoms with Crippen LogP contribution in [0.4, 0.5) is 11.4 Å². The number of halogens is 1. The Morgan fingerprint density at radius 2 is 1.67 bits per heavy atom. The van der Waals surface area contributed by atoms with E-state index in [-0.39, 0.29) is 30.8 Å². The van der Waals surface area contributed by atoms with Crippen LogP contribution in [0.5, 0.6) is 17.4 Å². The largest absolute Gasteiger partial charge is 0.508 e. The molecule has 5 aromatic rings. The number of benzene rings is 3. The number of anilines is 2. The second kappa shape index (κ2) is 11.6. The number of rotatable bonds is 1. The summed E-state index contributed by atoms with van der Waals surface area (Å²) in [5.41, 5.74) is 5.95. The minimum absolute atomic E-state index is 0.0690. The zero-order chi connectivity index (χ0) is 32.1. The first-order valence-electron chi connectivity index (χ1n) is 15.0. The van der Waals surface area contributed by atoms with Crippen molar-refractivity contribution in [1.82, 2.24) is 19.2 Å². The van der Waals surface area contributed by atoms with Gasteiger partial charge in [-0.15, -0.1) is 0 Å². The number of phenols is 1. The maximum atomic E-state index is 14.6. The monoisotopic (exact) mass is 637 g/mol. The average Bonchev–Trinajstić information content (AvgIpc) is 3.56. The van der Waals surface area contributed by atoms with Crippen LogP contribution >= 0.6 is 11.6 Å². The van der Waals surface area contributed by atoms with Crippen molar-refractivity contribution in [2.24, 2.45) is 14.1 Å². The zero-order valence-electron chi connectivity index (χ0n) is 25.7. The third-order valence-electron chi connectivity index (χ3n) is 8.76. The number of ether oxygens (including phenoxy) is 2. The Kier molecular flexibility index (Phi) is 7.44. The number of hydrogen-bond donors (Lipinski definition) is 1. The highest BCUT2D eigenvalue weighted by molar-refractivity contribution is 6.31. The molecule has 1 N–H and O–H groups in total. The van der Waals surface area contributed by atoms with Gasteiger partial charge in [-0.25, -0.2) is 4.68 Å². The third-order valence-corrected chi connectivity index (χ3v) is 9.00. The van der Waals surface area contributed by atoms with Gasteiger partial charge in [-0.2, -0.15) is 5.10 Å². The van der Waals surface area contributed by atoms with Gasteiger partial charge in [0, 0.05) is 66.0 Å². The van der Waals surface area contributed by atoms with Crippen molar-refractivity contribution < 1.29 is 24.2 Å². The molecule has 10 nitrogen and oxygen atoms in total. The first-order valence-corrected chi connectivity index (χ1v) is 15.4. The summed E-state index contributed by atoms with van der Waals surface area (Å²) in [6.07, 6.45) is 2.23. The van der Waals surface area contributed by atoms with Crippen molar-refractivity contribution in [3.63, 3.8) is 0 Å². The zero-order valence-corrected chi connectivity index (χ0v) is 26.4. The molecular weight excluding hydrogens is 606 g/mol. The number of amides is 2. The summed E-state index contributed by atoms with van der Waals surface area (Å²) >= 11 is 6.52. The molecule has 8 rings (SSSR count). The van der Waals surface area contributed by atoms with E-state index in [1.807, 2.05) is 41.6 Å². The van der Waals surface area contributed by atoms with Crippen molar-refractivity contribution in [2.75, 3.05) is 24.7 Å². The van der Waals surface area contributed by atoms with E-state index in [0.717, 1.165) is 16.9 Å². The molecule has 234 valence electrons. The fourth-order valence-corrected chi connectivity index (χ4v) is 6.43. The van der Waals surface area contributed by atoms with Gasteiger partial charge in [-0.3, -0.25) is 14.5 Å². The highest BCUT2D eigenvalue weighted by Gasteiger charge is 2.31. The number of hydrogen-bond acceptors (Lipinski definition) is 6. The molecule has 3 aliphatic heterocycles. The number of fused-ring (bicyclic) bond motifs is 5. The van der Waals surface area contributed by atoms with Crippen LogP contribution in [0.3, 0.4) is 0 Å². The Morgan fingerprint density at radius 1 is 0.891 bits per heavy atom. The lowest BCUT2D eigenvalue weighted by atomic mass is 9.96. The van der Waals surface area contributed by atoms with Gasteiger partial charge >= 0.3 is 0 Å². The number of phenolic OH excluding ortho intramolecular Hbond substituents is 1. The first-order chi connectivity index (χ1) is 22.2. The summed E-state index contributed by atoms with van der Waals surface area (Å²) in [6, 6.07) is 19.3. The molecule has 0 saturated carbocycles. The first kappa shape index (κ1) is 29.5. The summed E-state index contributed by atoms with van der Waals surface area (Å²) in [5.74, 6) is 0.750. The van der Waals surface area contributed by atoms with Gasteiger partial charge in [-0.05, 0) is 73.5 Å². The van der Waals surface area contributed by atoms with Crippen LogP contribution in [0, 0.1) is 6.92 Å². The maximum absolute atomic E-state index is 14.6. The van der Waals surface area contributed by atoms with Crippen molar-refractivity contribution in [2.45, 2.75) is 19.9 Å². The van der Waals surface area contributed by atoms with Crippen LogP contribution in [0.2, 0.25) is 5.02 Å². The van der Waals surface area contributed by atoms with Crippen LogP contribution < -0.4 is 14.4 Å². The molecular formula is C35H32ClN5O5. The lowest BCUT2D eigenvalue weighted by Gasteiger charge is -2.30. The average molecular weight is 638 g/mol. The molecule has 0 atom stereocenters. The third kappa shape index (κ3) is 5.04. The molecule has 6 bridgehead atoms. The van der Waals surface area contributed by atoms with E-state index in [1.54, 1.807) is 54.3 Å². The lowest BCUT2D eigenvalue weighted by Crippen LogP contribution is -2.36. The Bertz CT molecular complexity index is 2000. The number of aromatic hydroxyl groups is 1. The maximum Gasteiger partial charge on any atom is 0.264 e. The van der Waals surface area contributed by atoms with Crippen LogP contribution in [-0.4, -0.2) is 55.9 Å². The molecule has 0 fully saturated rings. The molecule has 0 saturated heterocycles. The molecule has 2 aromatic heterocycles. The molecule has 2 amide bonds. The van der Waals surface area contributed by atoms with Crippen molar-refractivity contribution in [3.05, 3.63) is 106 Å². The van der Waals surface area contributed by atoms with Gasteiger partial charge in [0.15, 0.2) is 0 Å². The minimum Gasteiger partial charge on any atom is -0.508 e. The fraction of sp³-hybridized carbons (Fsp3) is 0.229. The van der Waals surface area contributed by atoms with Crippen LogP contribution in [0.15, 0.2) is 72.9 Å². The van der Waals surface area contributed by atoms with Crippen LogP contribution in [0.1, 0.15) is 37.5 Å². The molecule has 5 heterocycles. The number of aryl methyl sites for hydroxylation is 1.